The van der Waals surface area contributed by atoms with Crippen molar-refractivity contribution in [3.8, 4) is 33.4 Å². The van der Waals surface area contributed by atoms with Gasteiger partial charge in [0.2, 0.25) is 0 Å². The summed E-state index contributed by atoms with van der Waals surface area (Å²) in [5.41, 5.74) is 9.77. The van der Waals surface area contributed by atoms with Gasteiger partial charge in [0.1, 0.15) is 5.65 Å². The van der Waals surface area contributed by atoms with Gasteiger partial charge in [0.25, 0.3) is 5.56 Å². The second-order valence-electron chi connectivity index (χ2n) is 10.4. The summed E-state index contributed by atoms with van der Waals surface area (Å²) in [4.78, 5) is 19.5. The van der Waals surface area contributed by atoms with Crippen molar-refractivity contribution in [3.63, 3.8) is 0 Å². The van der Waals surface area contributed by atoms with E-state index in [0.29, 0.717) is 11.0 Å². The number of fused-ring (bicyclic) bond motifs is 4. The molecule has 0 aliphatic rings. The molecule has 3 nitrogen and oxygen atoms in total. The molecule has 0 saturated heterocycles. The van der Waals surface area contributed by atoms with Crippen LogP contribution >= 0.6 is 0 Å². The zero-order valence-corrected chi connectivity index (χ0v) is 22.2. The van der Waals surface area contributed by atoms with Crippen molar-refractivity contribution < 1.29 is 0 Å². The maximum atomic E-state index is 14.3. The number of rotatable bonds is 4. The summed E-state index contributed by atoms with van der Waals surface area (Å²) in [5, 5.41) is 3.67. The molecule has 0 fully saturated rings. The van der Waals surface area contributed by atoms with Gasteiger partial charge in [-0.15, -0.1) is 0 Å². The monoisotopic (exact) mass is 524 g/mol. The Hall–Kier alpha value is -5.54. The van der Waals surface area contributed by atoms with E-state index in [0.717, 1.165) is 66.1 Å². The largest absolute Gasteiger partial charge is 0.268 e. The van der Waals surface area contributed by atoms with E-state index >= 15 is 0 Å². The lowest BCUT2D eigenvalue weighted by atomic mass is 9.94. The Morgan fingerprint density at radius 2 is 1.27 bits per heavy atom. The Balaban J connectivity index is 1.50. The van der Waals surface area contributed by atoms with Crippen LogP contribution in [0.3, 0.4) is 0 Å². The van der Waals surface area contributed by atoms with E-state index in [1.165, 1.54) is 0 Å². The van der Waals surface area contributed by atoms with Crippen LogP contribution in [0.4, 0.5) is 0 Å². The van der Waals surface area contributed by atoms with Gasteiger partial charge in [0.05, 0.1) is 11.0 Å². The molecule has 0 aliphatic carbocycles. The molecule has 0 spiro atoms. The molecule has 8 aromatic rings. The fraction of sp³-hybridized carbons (Fsp3) is 0. The predicted molar refractivity (Wildman–Crippen MR) is 172 cm³/mol. The van der Waals surface area contributed by atoms with Crippen LogP contribution in [0, 0.1) is 0 Å². The van der Waals surface area contributed by atoms with E-state index < -0.39 is 0 Å². The van der Waals surface area contributed by atoms with Crippen molar-refractivity contribution >= 4 is 44.3 Å². The van der Waals surface area contributed by atoms with E-state index in [1.807, 2.05) is 59.0 Å². The smallest absolute Gasteiger partial charge is 0.264 e. The number of imidazole rings is 1. The van der Waals surface area contributed by atoms with E-state index in [-0.39, 0.29) is 5.56 Å². The molecule has 8 rings (SSSR count). The van der Waals surface area contributed by atoms with E-state index in [2.05, 4.69) is 85.4 Å². The first-order valence-corrected chi connectivity index (χ1v) is 13.7. The average Bonchev–Trinajstić information content (AvgIpc) is 3.44. The standard InChI is InChI=1S/C38H24N2O/c1-2-24-16-18-27(19-17-24)29-20-21-31-35-30(29)14-9-15-32(35)38(41)40-34-23-28(25-10-5-3-6-11-25)22-33(36(34)39-37(31)40)26-12-7-4-8-13-26/h2-23H,1H2. The minimum atomic E-state index is -0.0519. The first kappa shape index (κ1) is 23.4. The van der Waals surface area contributed by atoms with Crippen molar-refractivity contribution in [2.45, 2.75) is 0 Å². The van der Waals surface area contributed by atoms with Gasteiger partial charge in [0.15, 0.2) is 0 Å². The topological polar surface area (TPSA) is 34.4 Å². The first-order chi connectivity index (χ1) is 20.2. The first-order valence-electron chi connectivity index (χ1n) is 13.7. The normalized spacial score (nSPS) is 11.6. The summed E-state index contributed by atoms with van der Waals surface area (Å²) in [6.45, 7) is 3.87. The molecule has 0 unspecified atom stereocenters. The molecule has 0 amide bonds. The van der Waals surface area contributed by atoms with Crippen LogP contribution in [0.25, 0.3) is 77.7 Å². The highest BCUT2D eigenvalue weighted by molar-refractivity contribution is 6.19. The third kappa shape index (κ3) is 3.53. The van der Waals surface area contributed by atoms with Crippen LogP contribution in [0.1, 0.15) is 5.56 Å². The molecule has 2 heterocycles. The maximum absolute atomic E-state index is 14.3. The zero-order valence-electron chi connectivity index (χ0n) is 22.2. The van der Waals surface area contributed by atoms with Crippen molar-refractivity contribution in [2.24, 2.45) is 0 Å². The highest BCUT2D eigenvalue weighted by Gasteiger charge is 2.20. The molecule has 0 saturated carbocycles. The third-order valence-corrected chi connectivity index (χ3v) is 8.12. The van der Waals surface area contributed by atoms with E-state index in [9.17, 15) is 4.79 Å². The number of hydrogen-bond acceptors (Lipinski definition) is 2. The average molecular weight is 525 g/mol. The number of nitrogens with zero attached hydrogens (tertiary/aromatic N) is 2. The number of aromatic nitrogens is 2. The van der Waals surface area contributed by atoms with Crippen molar-refractivity contribution in [1.29, 1.82) is 0 Å². The lowest BCUT2D eigenvalue weighted by Crippen LogP contribution is -2.13. The quantitative estimate of drug-likeness (QED) is 0.230. The minimum absolute atomic E-state index is 0.0519. The molecule has 3 heteroatoms. The van der Waals surface area contributed by atoms with Gasteiger partial charge >= 0.3 is 0 Å². The summed E-state index contributed by atoms with van der Waals surface area (Å²) in [6, 6.07) is 43.5. The van der Waals surface area contributed by atoms with Crippen molar-refractivity contribution in [3.05, 3.63) is 150 Å². The minimum Gasteiger partial charge on any atom is -0.268 e. The lowest BCUT2D eigenvalue weighted by Gasteiger charge is -2.12. The summed E-state index contributed by atoms with van der Waals surface area (Å²) in [6.07, 6.45) is 1.84. The molecule has 192 valence electrons. The Labute approximate surface area is 236 Å². The fourth-order valence-corrected chi connectivity index (χ4v) is 6.14. The highest BCUT2D eigenvalue weighted by Crippen LogP contribution is 2.39. The van der Waals surface area contributed by atoms with Crippen LogP contribution in [0.15, 0.2) is 139 Å². The van der Waals surface area contributed by atoms with Gasteiger partial charge in [-0.1, -0.05) is 116 Å². The summed E-state index contributed by atoms with van der Waals surface area (Å²) in [5.74, 6) is 0. The molecule has 0 bridgehead atoms. The van der Waals surface area contributed by atoms with Crippen molar-refractivity contribution in [1.82, 2.24) is 9.38 Å². The van der Waals surface area contributed by atoms with Crippen LogP contribution in [-0.2, 0) is 0 Å². The molecule has 0 aliphatic heterocycles. The van der Waals surface area contributed by atoms with Gasteiger partial charge in [-0.2, -0.15) is 0 Å². The molecule has 0 radical (unpaired) electrons. The van der Waals surface area contributed by atoms with Crippen molar-refractivity contribution in [2.75, 3.05) is 0 Å². The van der Waals surface area contributed by atoms with Crippen LogP contribution in [0.5, 0.6) is 0 Å². The molecule has 2 aromatic heterocycles. The predicted octanol–water partition coefficient (Wildman–Crippen LogP) is 9.24. The van der Waals surface area contributed by atoms with Crippen LogP contribution in [-0.4, -0.2) is 9.38 Å². The Morgan fingerprint density at radius 3 is 2.00 bits per heavy atom. The molecule has 6 aromatic carbocycles. The Morgan fingerprint density at radius 1 is 0.585 bits per heavy atom. The maximum Gasteiger partial charge on any atom is 0.264 e. The van der Waals surface area contributed by atoms with Gasteiger partial charge in [0, 0.05) is 21.7 Å². The summed E-state index contributed by atoms with van der Waals surface area (Å²) < 4.78 is 1.81. The molecular formula is C38H24N2O. The number of pyridine rings is 1. The van der Waals surface area contributed by atoms with E-state index in [4.69, 9.17) is 4.98 Å². The second kappa shape index (κ2) is 9.00. The highest BCUT2D eigenvalue weighted by atomic mass is 16.1. The fourth-order valence-electron chi connectivity index (χ4n) is 6.14. The number of benzene rings is 6. The number of hydrogen-bond donors (Lipinski definition) is 0. The summed E-state index contributed by atoms with van der Waals surface area (Å²) >= 11 is 0. The van der Waals surface area contributed by atoms with Crippen LogP contribution in [0.2, 0.25) is 0 Å². The van der Waals surface area contributed by atoms with Gasteiger partial charge in [-0.05, 0) is 63.0 Å². The van der Waals surface area contributed by atoms with Crippen LogP contribution < -0.4 is 5.56 Å². The van der Waals surface area contributed by atoms with Gasteiger partial charge < -0.3 is 0 Å². The zero-order chi connectivity index (χ0) is 27.5. The lowest BCUT2D eigenvalue weighted by molar-refractivity contribution is 1.19. The van der Waals surface area contributed by atoms with Gasteiger partial charge in [-0.25, -0.2) is 4.98 Å². The second-order valence-corrected chi connectivity index (χ2v) is 10.4. The van der Waals surface area contributed by atoms with Gasteiger partial charge in [-0.3, -0.25) is 9.20 Å². The summed E-state index contributed by atoms with van der Waals surface area (Å²) in [7, 11) is 0. The van der Waals surface area contributed by atoms with E-state index in [1.54, 1.807) is 0 Å². The molecule has 0 atom stereocenters. The molecule has 41 heavy (non-hydrogen) atoms. The third-order valence-electron chi connectivity index (χ3n) is 8.12. The molecule has 0 N–H and O–H groups in total. The molecular weight excluding hydrogens is 500 g/mol. The Bertz CT molecular complexity index is 2320. The Kier molecular flexibility index (Phi) is 5.13. The SMILES string of the molecule is C=Cc1ccc(-c2ccc3c4c2cccc4c(=O)n2c4cc(-c5ccccc5)cc(-c5ccccc5)c4nc32)cc1.